The minimum atomic E-state index is -0.959. The molecule has 3 heterocycles. The van der Waals surface area contributed by atoms with Crippen LogP contribution in [0.15, 0.2) is 53.8 Å². The van der Waals surface area contributed by atoms with Crippen molar-refractivity contribution in [3.8, 4) is 5.95 Å². The number of carbonyl (C=O) groups is 1. The van der Waals surface area contributed by atoms with E-state index >= 15 is 0 Å². The number of aromatic nitrogens is 6. The quantitative estimate of drug-likeness (QED) is 0.490. The zero-order valence-electron chi connectivity index (χ0n) is 15.7. The van der Waals surface area contributed by atoms with Gasteiger partial charge in [-0.25, -0.2) is 14.5 Å². The first-order chi connectivity index (χ1) is 13.3. The highest BCUT2D eigenvalue weighted by Crippen LogP contribution is 2.24. The normalized spacial score (nSPS) is 11.1. The molecular formula is C19H20N6O3. The third-order valence-electron chi connectivity index (χ3n) is 4.03. The molecule has 4 rings (SSSR count). The van der Waals surface area contributed by atoms with Gasteiger partial charge in [0.1, 0.15) is 0 Å². The van der Waals surface area contributed by atoms with Crippen molar-refractivity contribution in [2.45, 2.75) is 26.2 Å². The number of carboxylic acid groups (broad SMARTS) is 1. The van der Waals surface area contributed by atoms with E-state index in [0.29, 0.717) is 16.9 Å². The maximum Gasteiger partial charge on any atom is 0.338 e. The van der Waals surface area contributed by atoms with Crippen LogP contribution in [0.25, 0.3) is 16.9 Å². The van der Waals surface area contributed by atoms with Crippen molar-refractivity contribution in [1.29, 1.82) is 0 Å². The number of nitrogens with zero attached hydrogens (tertiary/aromatic N) is 4. The Morgan fingerprint density at radius 1 is 1.25 bits per heavy atom. The third kappa shape index (κ3) is 4.14. The van der Waals surface area contributed by atoms with E-state index in [1.54, 1.807) is 23.1 Å². The molecule has 0 fully saturated rings. The molecule has 9 nitrogen and oxygen atoms in total. The van der Waals surface area contributed by atoms with Crippen molar-refractivity contribution >= 4 is 16.9 Å². The monoisotopic (exact) mass is 380 g/mol. The number of hydrogen-bond donors (Lipinski definition) is 3. The van der Waals surface area contributed by atoms with Gasteiger partial charge in [0.25, 0.3) is 5.56 Å². The Hall–Kier alpha value is -3.75. The highest BCUT2D eigenvalue weighted by Gasteiger charge is 2.15. The molecule has 3 N–H and O–H groups in total. The summed E-state index contributed by atoms with van der Waals surface area (Å²) in [4.78, 5) is 29.5. The van der Waals surface area contributed by atoms with Crippen molar-refractivity contribution in [2.24, 2.45) is 0 Å². The van der Waals surface area contributed by atoms with Gasteiger partial charge in [-0.3, -0.25) is 14.9 Å². The molecule has 0 spiro atoms. The summed E-state index contributed by atoms with van der Waals surface area (Å²) in [7, 11) is 0. The number of benzene rings is 1. The maximum absolute atomic E-state index is 12.2. The Balaban J connectivity index is 0.000000236. The van der Waals surface area contributed by atoms with Gasteiger partial charge in [-0.15, -0.1) is 0 Å². The second-order valence-electron chi connectivity index (χ2n) is 7.11. The molecule has 9 heteroatoms. The Morgan fingerprint density at radius 2 is 2.04 bits per heavy atom. The van der Waals surface area contributed by atoms with Crippen LogP contribution in [0.1, 0.15) is 36.7 Å². The Bertz CT molecular complexity index is 1140. The highest BCUT2D eigenvalue weighted by atomic mass is 16.4. The van der Waals surface area contributed by atoms with Gasteiger partial charge in [0.15, 0.2) is 0 Å². The molecule has 0 atom stereocenters. The van der Waals surface area contributed by atoms with Crippen molar-refractivity contribution in [3.63, 3.8) is 0 Å². The molecule has 0 unspecified atom stereocenters. The number of aromatic carboxylic acids is 1. The number of H-pyrrole nitrogens is 2. The van der Waals surface area contributed by atoms with Crippen molar-refractivity contribution in [3.05, 3.63) is 70.5 Å². The van der Waals surface area contributed by atoms with Crippen molar-refractivity contribution < 1.29 is 9.90 Å². The molecule has 3 aromatic heterocycles. The van der Waals surface area contributed by atoms with Crippen LogP contribution in [-0.4, -0.2) is 41.0 Å². The SMILES string of the molecule is CC(C)(C)c1ccc2nc(-n3cccn3)[nH]c(=O)c2c1.O=C(O)c1cn[nH]c1. The zero-order valence-corrected chi connectivity index (χ0v) is 15.7. The largest absolute Gasteiger partial charge is 0.478 e. The molecule has 0 saturated carbocycles. The first kappa shape index (κ1) is 19.0. The second kappa shape index (κ2) is 7.47. The van der Waals surface area contributed by atoms with Crippen LogP contribution in [0.4, 0.5) is 0 Å². The topological polar surface area (TPSA) is 130 Å². The number of carboxylic acids is 1. The third-order valence-corrected chi connectivity index (χ3v) is 4.03. The Morgan fingerprint density at radius 3 is 2.57 bits per heavy atom. The zero-order chi connectivity index (χ0) is 20.3. The summed E-state index contributed by atoms with van der Waals surface area (Å²) < 4.78 is 1.54. The molecule has 0 saturated heterocycles. The van der Waals surface area contributed by atoms with Gasteiger partial charge >= 0.3 is 5.97 Å². The van der Waals surface area contributed by atoms with E-state index in [0.717, 1.165) is 5.56 Å². The standard InChI is InChI=1S/C15H16N4O.C4H4N2O2/c1-15(2,3)10-5-6-12-11(9-10)13(20)18-14(17-12)19-8-4-7-16-19;7-4(8)3-1-5-6-2-3/h4-9H,1-3H3,(H,17,18,20);1-2H,(H,5,6)(H,7,8). The summed E-state index contributed by atoms with van der Waals surface area (Å²) in [6.45, 7) is 6.36. The molecule has 0 aliphatic heterocycles. The number of rotatable bonds is 2. The molecule has 0 aliphatic carbocycles. The Labute approximate surface area is 160 Å². The van der Waals surface area contributed by atoms with Crippen LogP contribution in [0.2, 0.25) is 0 Å². The first-order valence-corrected chi connectivity index (χ1v) is 8.52. The predicted octanol–water partition coefficient (Wildman–Crippen LogP) is 2.51. The van der Waals surface area contributed by atoms with Gasteiger partial charge in [0, 0.05) is 18.6 Å². The molecule has 0 aliphatic rings. The van der Waals surface area contributed by atoms with Crippen LogP contribution in [0, 0.1) is 0 Å². The second-order valence-corrected chi connectivity index (χ2v) is 7.11. The maximum atomic E-state index is 12.2. The molecule has 0 bridgehead atoms. The lowest BCUT2D eigenvalue weighted by Crippen LogP contribution is -2.16. The number of nitrogens with one attached hydrogen (secondary N) is 2. The molecule has 144 valence electrons. The fraction of sp³-hybridized carbons (Fsp3) is 0.211. The van der Waals surface area contributed by atoms with E-state index in [4.69, 9.17) is 5.11 Å². The van der Waals surface area contributed by atoms with Gasteiger partial charge in [0.2, 0.25) is 5.95 Å². The smallest absolute Gasteiger partial charge is 0.338 e. The summed E-state index contributed by atoms with van der Waals surface area (Å²) >= 11 is 0. The van der Waals surface area contributed by atoms with E-state index in [2.05, 4.69) is 46.0 Å². The fourth-order valence-electron chi connectivity index (χ4n) is 2.46. The molecule has 28 heavy (non-hydrogen) atoms. The summed E-state index contributed by atoms with van der Waals surface area (Å²) in [5, 5.41) is 18.7. The summed E-state index contributed by atoms with van der Waals surface area (Å²) in [5.41, 5.74) is 1.83. The lowest BCUT2D eigenvalue weighted by Gasteiger charge is -2.19. The predicted molar refractivity (Wildman–Crippen MR) is 104 cm³/mol. The van der Waals surface area contributed by atoms with Gasteiger partial charge in [-0.2, -0.15) is 10.2 Å². The first-order valence-electron chi connectivity index (χ1n) is 8.52. The van der Waals surface area contributed by atoms with Gasteiger partial charge in [0.05, 0.1) is 22.7 Å². The van der Waals surface area contributed by atoms with E-state index in [-0.39, 0.29) is 16.5 Å². The number of hydrogen-bond acceptors (Lipinski definition) is 5. The molecule has 0 amide bonds. The van der Waals surface area contributed by atoms with Crippen LogP contribution in [-0.2, 0) is 5.41 Å². The molecule has 0 radical (unpaired) electrons. The molecule has 4 aromatic rings. The summed E-state index contributed by atoms with van der Waals surface area (Å²) in [6.07, 6.45) is 5.96. The average Bonchev–Trinajstić information content (AvgIpc) is 3.35. The van der Waals surface area contributed by atoms with Crippen molar-refractivity contribution in [2.75, 3.05) is 0 Å². The van der Waals surface area contributed by atoms with E-state index in [1.165, 1.54) is 12.4 Å². The summed E-state index contributed by atoms with van der Waals surface area (Å²) in [5.74, 6) is -0.533. The molecule has 1 aromatic carbocycles. The highest BCUT2D eigenvalue weighted by molar-refractivity contribution is 5.86. The number of aromatic amines is 2. The molecular weight excluding hydrogens is 360 g/mol. The van der Waals surface area contributed by atoms with E-state index < -0.39 is 5.97 Å². The Kier molecular flexibility index (Phi) is 5.08. The van der Waals surface area contributed by atoms with E-state index in [1.807, 2.05) is 18.2 Å². The van der Waals surface area contributed by atoms with Crippen LogP contribution in [0.3, 0.4) is 0 Å². The lowest BCUT2D eigenvalue weighted by molar-refractivity contribution is 0.0697. The van der Waals surface area contributed by atoms with Crippen LogP contribution >= 0.6 is 0 Å². The fourth-order valence-corrected chi connectivity index (χ4v) is 2.46. The minimum Gasteiger partial charge on any atom is -0.478 e. The lowest BCUT2D eigenvalue weighted by atomic mass is 9.86. The van der Waals surface area contributed by atoms with Crippen LogP contribution < -0.4 is 5.56 Å². The minimum absolute atomic E-state index is 0.00127. The van der Waals surface area contributed by atoms with Crippen molar-refractivity contribution in [1.82, 2.24) is 29.9 Å². The summed E-state index contributed by atoms with van der Waals surface area (Å²) in [6, 6.07) is 7.60. The van der Waals surface area contributed by atoms with Gasteiger partial charge in [-0.1, -0.05) is 26.8 Å². The number of fused-ring (bicyclic) bond motifs is 1. The van der Waals surface area contributed by atoms with Gasteiger partial charge < -0.3 is 5.11 Å². The van der Waals surface area contributed by atoms with Crippen LogP contribution in [0.5, 0.6) is 0 Å². The van der Waals surface area contributed by atoms with E-state index in [9.17, 15) is 9.59 Å². The van der Waals surface area contributed by atoms with Gasteiger partial charge in [-0.05, 0) is 29.2 Å². The average molecular weight is 380 g/mol.